The molecule has 0 amide bonds. The highest BCUT2D eigenvalue weighted by Gasteiger charge is 2.26. The van der Waals surface area contributed by atoms with Crippen LogP contribution in [0.5, 0.6) is 0 Å². The predicted molar refractivity (Wildman–Crippen MR) is 101 cm³/mol. The van der Waals surface area contributed by atoms with Crippen LogP contribution in [0.4, 0.5) is 0 Å². The summed E-state index contributed by atoms with van der Waals surface area (Å²) in [6, 6.07) is 3.77. The van der Waals surface area contributed by atoms with Crippen molar-refractivity contribution >= 4 is 0 Å². The van der Waals surface area contributed by atoms with E-state index < -0.39 is 0 Å². The number of nitrogens with zero attached hydrogens (tertiary/aromatic N) is 6. The fourth-order valence-electron chi connectivity index (χ4n) is 4.15. The lowest BCUT2D eigenvalue weighted by Gasteiger charge is -2.30. The molecule has 0 bridgehead atoms. The van der Waals surface area contributed by atoms with Crippen molar-refractivity contribution < 1.29 is 0 Å². The first-order chi connectivity index (χ1) is 12.8. The molecule has 0 aromatic carbocycles. The van der Waals surface area contributed by atoms with Gasteiger partial charge in [0.1, 0.15) is 6.33 Å². The molecule has 4 rings (SSSR count). The number of aromatic nitrogens is 4. The molecule has 0 radical (unpaired) electrons. The summed E-state index contributed by atoms with van der Waals surface area (Å²) >= 11 is 0. The lowest BCUT2D eigenvalue weighted by atomic mass is 10.1. The van der Waals surface area contributed by atoms with E-state index in [4.69, 9.17) is 0 Å². The van der Waals surface area contributed by atoms with Gasteiger partial charge in [-0.1, -0.05) is 6.42 Å². The minimum atomic E-state index is -0.0308. The summed E-state index contributed by atoms with van der Waals surface area (Å²) in [6.45, 7) is 6.53. The minimum absolute atomic E-state index is 0.0308. The molecule has 2 saturated heterocycles. The quantitative estimate of drug-likeness (QED) is 0.783. The molecule has 7 heteroatoms. The zero-order valence-electron chi connectivity index (χ0n) is 15.3. The van der Waals surface area contributed by atoms with Gasteiger partial charge in [-0.2, -0.15) is 5.10 Å². The number of hydrogen-bond donors (Lipinski definition) is 0. The molecule has 2 fully saturated rings. The van der Waals surface area contributed by atoms with Crippen LogP contribution in [-0.2, 0) is 6.54 Å². The Balaban J connectivity index is 1.40. The molecule has 0 N–H and O–H groups in total. The van der Waals surface area contributed by atoms with Crippen LogP contribution in [0.1, 0.15) is 32.1 Å². The molecule has 2 aliphatic heterocycles. The van der Waals surface area contributed by atoms with Gasteiger partial charge in [0, 0.05) is 37.6 Å². The van der Waals surface area contributed by atoms with Crippen molar-refractivity contribution in [1.29, 1.82) is 0 Å². The highest BCUT2D eigenvalue weighted by atomic mass is 16.1. The summed E-state index contributed by atoms with van der Waals surface area (Å²) in [4.78, 5) is 21.5. The first-order valence-electron chi connectivity index (χ1n) is 9.82. The van der Waals surface area contributed by atoms with Gasteiger partial charge in [0.15, 0.2) is 5.82 Å². The van der Waals surface area contributed by atoms with Crippen LogP contribution in [0.25, 0.3) is 5.82 Å². The molecular formula is C19H28N6O. The SMILES string of the molecule is O=c1ccc(-n2ccnc2)nn1CC1CCCN1CCN1CCCCC1. The van der Waals surface area contributed by atoms with Gasteiger partial charge in [0.25, 0.3) is 5.56 Å². The molecule has 26 heavy (non-hydrogen) atoms. The average Bonchev–Trinajstić information content (AvgIpc) is 3.35. The Morgan fingerprint density at radius 3 is 2.73 bits per heavy atom. The second-order valence-corrected chi connectivity index (χ2v) is 7.42. The van der Waals surface area contributed by atoms with Crippen LogP contribution < -0.4 is 5.56 Å². The first-order valence-corrected chi connectivity index (χ1v) is 9.82. The standard InChI is InChI=1S/C19H28N6O/c26-19-7-6-18(24-12-8-20-16-24)21-25(19)15-17-5-4-11-23(17)14-13-22-9-2-1-3-10-22/h6-8,12,16-17H,1-5,9-11,13-15H2. The summed E-state index contributed by atoms with van der Waals surface area (Å²) in [6.07, 6.45) is 11.7. The summed E-state index contributed by atoms with van der Waals surface area (Å²) in [7, 11) is 0. The Morgan fingerprint density at radius 1 is 1.04 bits per heavy atom. The van der Waals surface area contributed by atoms with E-state index in [1.165, 1.54) is 38.8 Å². The molecule has 1 unspecified atom stereocenters. The maximum atomic E-state index is 12.3. The summed E-state index contributed by atoms with van der Waals surface area (Å²) in [5.74, 6) is 0.736. The van der Waals surface area contributed by atoms with E-state index in [1.807, 2.05) is 10.8 Å². The van der Waals surface area contributed by atoms with Crippen molar-refractivity contribution in [3.8, 4) is 5.82 Å². The van der Waals surface area contributed by atoms with Gasteiger partial charge >= 0.3 is 0 Å². The summed E-state index contributed by atoms with van der Waals surface area (Å²) < 4.78 is 3.46. The fraction of sp³-hybridized carbons (Fsp3) is 0.632. The zero-order valence-corrected chi connectivity index (χ0v) is 15.3. The predicted octanol–water partition coefficient (Wildman–Crippen LogP) is 1.38. The van der Waals surface area contributed by atoms with Crippen LogP contribution in [0.15, 0.2) is 35.6 Å². The Morgan fingerprint density at radius 2 is 1.92 bits per heavy atom. The molecule has 4 heterocycles. The number of likely N-dealkylation sites (tertiary alicyclic amines) is 2. The van der Waals surface area contributed by atoms with Gasteiger partial charge in [-0.05, 0) is 51.4 Å². The van der Waals surface area contributed by atoms with Crippen LogP contribution in [-0.4, -0.2) is 67.9 Å². The molecule has 0 spiro atoms. The highest BCUT2D eigenvalue weighted by molar-refractivity contribution is 5.19. The maximum absolute atomic E-state index is 12.3. The van der Waals surface area contributed by atoms with Crippen LogP contribution in [0.2, 0.25) is 0 Å². The van der Waals surface area contributed by atoms with Gasteiger partial charge in [0.05, 0.1) is 6.54 Å². The lowest BCUT2D eigenvalue weighted by Crippen LogP contribution is -2.42. The van der Waals surface area contributed by atoms with Crippen molar-refractivity contribution in [2.75, 3.05) is 32.7 Å². The number of rotatable bonds is 6. The molecule has 0 aliphatic carbocycles. The third-order valence-electron chi connectivity index (χ3n) is 5.66. The van der Waals surface area contributed by atoms with E-state index in [1.54, 1.807) is 29.3 Å². The smallest absolute Gasteiger partial charge is 0.266 e. The van der Waals surface area contributed by atoms with Crippen molar-refractivity contribution in [3.63, 3.8) is 0 Å². The van der Waals surface area contributed by atoms with Crippen molar-refractivity contribution in [2.45, 2.75) is 44.7 Å². The van der Waals surface area contributed by atoms with E-state index in [0.29, 0.717) is 12.6 Å². The third kappa shape index (κ3) is 4.04. The maximum Gasteiger partial charge on any atom is 0.266 e. The first kappa shape index (κ1) is 17.4. The van der Waals surface area contributed by atoms with Crippen molar-refractivity contribution in [2.24, 2.45) is 0 Å². The summed E-state index contributed by atoms with van der Waals surface area (Å²) in [5, 5.41) is 4.55. The number of imidazole rings is 1. The van der Waals surface area contributed by atoms with Crippen LogP contribution in [0, 0.1) is 0 Å². The van der Waals surface area contributed by atoms with Gasteiger partial charge in [-0.25, -0.2) is 9.67 Å². The molecule has 0 saturated carbocycles. The molecule has 7 nitrogen and oxygen atoms in total. The molecule has 2 aromatic heterocycles. The monoisotopic (exact) mass is 356 g/mol. The van der Waals surface area contributed by atoms with Crippen LogP contribution >= 0.6 is 0 Å². The molecule has 1 atom stereocenters. The minimum Gasteiger partial charge on any atom is -0.302 e. The average molecular weight is 356 g/mol. The van der Waals surface area contributed by atoms with Gasteiger partial charge < -0.3 is 4.90 Å². The van der Waals surface area contributed by atoms with Crippen molar-refractivity contribution in [1.82, 2.24) is 29.1 Å². The second kappa shape index (κ2) is 8.14. The van der Waals surface area contributed by atoms with E-state index in [0.717, 1.165) is 31.9 Å². The topological polar surface area (TPSA) is 59.2 Å². The van der Waals surface area contributed by atoms with E-state index in [-0.39, 0.29) is 5.56 Å². The lowest BCUT2D eigenvalue weighted by molar-refractivity contribution is 0.164. The van der Waals surface area contributed by atoms with E-state index >= 15 is 0 Å². The molecule has 140 valence electrons. The fourth-order valence-corrected chi connectivity index (χ4v) is 4.15. The molecule has 2 aromatic rings. The third-order valence-corrected chi connectivity index (χ3v) is 5.66. The van der Waals surface area contributed by atoms with Gasteiger partial charge in [-0.3, -0.25) is 14.3 Å². The number of hydrogen-bond acceptors (Lipinski definition) is 5. The van der Waals surface area contributed by atoms with E-state index in [9.17, 15) is 4.79 Å². The molecule has 2 aliphatic rings. The Hall–Kier alpha value is -1.99. The highest BCUT2D eigenvalue weighted by Crippen LogP contribution is 2.19. The van der Waals surface area contributed by atoms with Gasteiger partial charge in [-0.15, -0.1) is 0 Å². The summed E-state index contributed by atoms with van der Waals surface area (Å²) in [5.41, 5.74) is -0.0308. The largest absolute Gasteiger partial charge is 0.302 e. The van der Waals surface area contributed by atoms with Crippen molar-refractivity contribution in [3.05, 3.63) is 41.2 Å². The number of piperidine rings is 1. The molecular weight excluding hydrogens is 328 g/mol. The van der Waals surface area contributed by atoms with E-state index in [2.05, 4.69) is 19.9 Å². The Bertz CT molecular complexity index is 750. The normalized spacial score (nSPS) is 22.1. The Kier molecular flexibility index (Phi) is 5.45. The van der Waals surface area contributed by atoms with Gasteiger partial charge in [0.2, 0.25) is 0 Å². The zero-order chi connectivity index (χ0) is 17.8. The Labute approximate surface area is 154 Å². The van der Waals surface area contributed by atoms with Crippen LogP contribution in [0.3, 0.4) is 0 Å². The second-order valence-electron chi connectivity index (χ2n) is 7.42.